The number of nitro benzene ring substituents is 2. The van der Waals surface area contributed by atoms with E-state index in [9.17, 15) is 25.0 Å². The Labute approximate surface area is 474 Å². The number of benzene rings is 5. The summed E-state index contributed by atoms with van der Waals surface area (Å²) in [6.45, 7) is 19.4. The lowest BCUT2D eigenvalue weighted by atomic mass is 9.80. The molecule has 0 saturated carbocycles. The first kappa shape index (κ1) is 60.0. The van der Waals surface area contributed by atoms with Gasteiger partial charge < -0.3 is 32.4 Å². The largest absolute Gasteiger partial charge is 0.497 e. The number of ether oxygens (including phenoxy) is 4. The van der Waals surface area contributed by atoms with E-state index in [0.29, 0.717) is 24.2 Å². The van der Waals surface area contributed by atoms with E-state index in [1.165, 1.54) is 30.6 Å². The minimum atomic E-state index is -2.73. The van der Waals surface area contributed by atoms with E-state index in [0.717, 1.165) is 27.8 Å². The van der Waals surface area contributed by atoms with Crippen molar-refractivity contribution in [1.82, 2.24) is 24.2 Å². The van der Waals surface area contributed by atoms with Gasteiger partial charge in [-0.3, -0.25) is 30.1 Å². The van der Waals surface area contributed by atoms with E-state index >= 15 is 0 Å². The standard InChI is InChI=1S/C59H71N8O12PSi/c1-40(2)65(41(3)4)80(76-36-34-43-23-29-48(30-24-43)67(71)72)78-53-52(79-81(9,10)58(5,6)7)50(37-75-59(44-17-13-11-14-18-44,45-19-15-12-16-20-45)46-25-31-49(73-8)32-26-46)77-56(53)64-39-62-51-54(60-38-61-55(51)64)63-57(68)74-35-33-42-21-27-47(28-22-42)66(69)70/h11-32,38-41,50,52-53,56H,33-37H2,1-10H3,(H,60,61,63,68)/t50-,52-,53-,56-,80?/m1/s1. The Morgan fingerprint density at radius 3 is 1.81 bits per heavy atom. The van der Waals surface area contributed by atoms with Crippen LogP contribution in [0.25, 0.3) is 11.2 Å². The minimum Gasteiger partial charge on any atom is -0.497 e. The lowest BCUT2D eigenvalue weighted by Gasteiger charge is -2.43. The molecule has 1 unspecified atom stereocenters. The first-order valence-electron chi connectivity index (χ1n) is 26.9. The number of fused-ring (bicyclic) bond motifs is 1. The fraction of sp³-hybridized carbons (Fsp3) is 0.390. The van der Waals surface area contributed by atoms with Crippen LogP contribution < -0.4 is 10.1 Å². The van der Waals surface area contributed by atoms with Crippen molar-refractivity contribution in [2.45, 2.75) is 122 Å². The molecule has 1 N–H and O–H groups in total. The monoisotopic (exact) mass is 1140 g/mol. The fourth-order valence-corrected chi connectivity index (χ4v) is 12.6. The van der Waals surface area contributed by atoms with Gasteiger partial charge in [0.2, 0.25) is 0 Å². The highest BCUT2D eigenvalue weighted by atomic mass is 31.2. The van der Waals surface area contributed by atoms with Crippen LogP contribution in [0.4, 0.5) is 22.0 Å². The van der Waals surface area contributed by atoms with Crippen LogP contribution in [0.5, 0.6) is 5.75 Å². The zero-order valence-corrected chi connectivity index (χ0v) is 49.2. The van der Waals surface area contributed by atoms with Gasteiger partial charge in [-0.1, -0.05) is 118 Å². The summed E-state index contributed by atoms with van der Waals surface area (Å²) < 4.78 is 52.2. The molecule has 5 aromatic carbocycles. The highest BCUT2D eigenvalue weighted by Gasteiger charge is 2.54. The molecule has 81 heavy (non-hydrogen) atoms. The van der Waals surface area contributed by atoms with E-state index in [1.807, 2.05) is 60.7 Å². The van der Waals surface area contributed by atoms with Crippen molar-refractivity contribution >= 4 is 51.3 Å². The number of carbonyl (C=O) groups excluding carboxylic acids is 1. The van der Waals surface area contributed by atoms with Crippen LogP contribution in [0.1, 0.15) is 82.5 Å². The van der Waals surface area contributed by atoms with Crippen LogP contribution >= 0.6 is 8.53 Å². The van der Waals surface area contributed by atoms with E-state index in [-0.39, 0.29) is 59.7 Å². The molecule has 2 aromatic heterocycles. The van der Waals surface area contributed by atoms with Crippen molar-refractivity contribution in [3.63, 3.8) is 0 Å². The Kier molecular flexibility index (Phi) is 19.4. The van der Waals surface area contributed by atoms with Crippen molar-refractivity contribution in [3.05, 3.63) is 194 Å². The molecule has 428 valence electrons. The normalized spacial score (nSPS) is 17.2. The highest BCUT2D eigenvalue weighted by molar-refractivity contribution is 7.44. The van der Waals surface area contributed by atoms with Crippen molar-refractivity contribution in [1.29, 1.82) is 0 Å². The Balaban J connectivity index is 1.21. The molecule has 1 aliphatic rings. The molecule has 7 aromatic rings. The second-order valence-electron chi connectivity index (χ2n) is 21.7. The molecule has 0 spiro atoms. The van der Waals surface area contributed by atoms with Gasteiger partial charge in [0, 0.05) is 42.8 Å². The summed E-state index contributed by atoms with van der Waals surface area (Å²) in [5.74, 6) is 0.772. The van der Waals surface area contributed by atoms with E-state index in [1.54, 1.807) is 42.3 Å². The molecule has 1 aliphatic heterocycles. The number of nitrogens with one attached hydrogen (secondary N) is 1. The number of nitrogens with zero attached hydrogens (tertiary/aromatic N) is 7. The molecular formula is C59H71N8O12PSi. The summed E-state index contributed by atoms with van der Waals surface area (Å²) in [4.78, 5) is 49.1. The van der Waals surface area contributed by atoms with E-state index in [4.69, 9.17) is 42.4 Å². The molecule has 3 heterocycles. The number of nitro groups is 2. The van der Waals surface area contributed by atoms with E-state index < -0.39 is 62.9 Å². The maximum absolute atomic E-state index is 13.4. The molecule has 20 nitrogen and oxygen atoms in total. The van der Waals surface area contributed by atoms with Gasteiger partial charge in [0.1, 0.15) is 36.0 Å². The van der Waals surface area contributed by atoms with Gasteiger partial charge in [-0.15, -0.1) is 0 Å². The number of anilines is 1. The Bertz CT molecular complexity index is 3160. The molecular weight excluding hydrogens is 1070 g/mol. The molecule has 0 aliphatic carbocycles. The third kappa shape index (κ3) is 14.0. The van der Waals surface area contributed by atoms with Gasteiger partial charge in [-0.05, 0) is 92.2 Å². The molecule has 22 heteroatoms. The summed E-state index contributed by atoms with van der Waals surface area (Å²) >= 11 is 0. The van der Waals surface area contributed by atoms with Crippen LogP contribution in [-0.2, 0) is 46.1 Å². The van der Waals surface area contributed by atoms with Gasteiger partial charge in [-0.2, -0.15) is 0 Å². The Hall–Kier alpha value is -7.07. The van der Waals surface area contributed by atoms with Crippen molar-refractivity contribution < 1.29 is 47.1 Å². The second kappa shape index (κ2) is 26.2. The number of aromatic nitrogens is 4. The molecule has 1 fully saturated rings. The molecule has 1 amide bonds. The third-order valence-corrected chi connectivity index (χ3v) is 21.3. The van der Waals surface area contributed by atoms with Gasteiger partial charge in [0.25, 0.3) is 19.9 Å². The number of methoxy groups -OCH3 is 1. The van der Waals surface area contributed by atoms with Crippen LogP contribution in [0.3, 0.4) is 0 Å². The molecule has 5 atom stereocenters. The van der Waals surface area contributed by atoms with Gasteiger partial charge in [0.05, 0.1) is 43.1 Å². The van der Waals surface area contributed by atoms with Gasteiger partial charge in [0.15, 0.2) is 31.5 Å². The maximum atomic E-state index is 13.4. The van der Waals surface area contributed by atoms with Gasteiger partial charge >= 0.3 is 6.09 Å². The zero-order valence-electron chi connectivity index (χ0n) is 47.3. The summed E-state index contributed by atoms with van der Waals surface area (Å²) in [6.07, 6.45) is -0.672. The number of hydrogen-bond acceptors (Lipinski definition) is 16. The Morgan fingerprint density at radius 2 is 1.30 bits per heavy atom. The van der Waals surface area contributed by atoms with Crippen molar-refractivity contribution in [2.75, 3.05) is 32.2 Å². The van der Waals surface area contributed by atoms with Crippen molar-refractivity contribution in [2.24, 2.45) is 0 Å². The first-order valence-corrected chi connectivity index (χ1v) is 30.9. The zero-order chi connectivity index (χ0) is 58.1. The average Bonchev–Trinajstić information content (AvgIpc) is 4.21. The molecule has 0 bridgehead atoms. The Morgan fingerprint density at radius 1 is 0.753 bits per heavy atom. The fourth-order valence-electron chi connectivity index (χ4n) is 9.53. The lowest BCUT2D eigenvalue weighted by molar-refractivity contribution is -0.385. The smallest absolute Gasteiger partial charge is 0.412 e. The first-order chi connectivity index (χ1) is 38.7. The maximum Gasteiger partial charge on any atom is 0.412 e. The number of carbonyl (C=O) groups is 1. The SMILES string of the molecule is COc1ccc(C(OC[C@H]2O[C@@H](n3cnc4c(NC(=O)OCCc5ccc([N+](=O)[O-])cc5)ncnc43)[C@H](OP(OCCc3ccc([N+](=O)[O-])cc3)N(C(C)C)C(C)C)[C@@H]2O[Si](C)(C)C(C)(C)C)(c2ccccc2)c2ccccc2)cc1. The van der Waals surface area contributed by atoms with Crippen molar-refractivity contribution in [3.8, 4) is 5.75 Å². The average molecular weight is 1140 g/mol. The highest BCUT2D eigenvalue weighted by Crippen LogP contribution is 2.53. The summed E-state index contributed by atoms with van der Waals surface area (Å²) in [5, 5.41) is 25.1. The minimum absolute atomic E-state index is 0.000350. The van der Waals surface area contributed by atoms with Crippen LogP contribution in [0.2, 0.25) is 18.1 Å². The summed E-state index contributed by atoms with van der Waals surface area (Å²) in [7, 11) is -3.02. The quantitative estimate of drug-likeness (QED) is 0.0184. The third-order valence-electron chi connectivity index (χ3n) is 14.7. The summed E-state index contributed by atoms with van der Waals surface area (Å²) in [6, 6.07) is 40.3. The number of rotatable bonds is 25. The lowest BCUT2D eigenvalue weighted by Crippen LogP contribution is -2.51. The number of imidazole rings is 1. The number of amides is 1. The number of non-ortho nitro benzene ring substituents is 2. The van der Waals surface area contributed by atoms with Crippen LogP contribution in [0, 0.1) is 20.2 Å². The molecule has 8 rings (SSSR count). The van der Waals surface area contributed by atoms with Crippen LogP contribution in [0.15, 0.2) is 146 Å². The van der Waals surface area contributed by atoms with Crippen LogP contribution in [-0.4, -0.2) is 106 Å². The van der Waals surface area contributed by atoms with Gasteiger partial charge in [-0.25, -0.2) is 24.4 Å². The summed E-state index contributed by atoms with van der Waals surface area (Å²) in [5.41, 5.74) is 3.55. The topological polar surface area (TPSA) is 227 Å². The number of hydrogen-bond donors (Lipinski definition) is 1. The second-order valence-corrected chi connectivity index (χ2v) is 27.9. The molecule has 1 saturated heterocycles. The molecule has 0 radical (unpaired) electrons. The predicted molar refractivity (Wildman–Crippen MR) is 311 cm³/mol. The van der Waals surface area contributed by atoms with E-state index in [2.05, 4.69) is 101 Å². The predicted octanol–water partition coefficient (Wildman–Crippen LogP) is 12.7.